The van der Waals surface area contributed by atoms with Crippen LogP contribution in [0.1, 0.15) is 32.1 Å². The van der Waals surface area contributed by atoms with Gasteiger partial charge in [0.1, 0.15) is 4.60 Å². The van der Waals surface area contributed by atoms with Crippen LogP contribution in [0.25, 0.3) is 0 Å². The van der Waals surface area contributed by atoms with Gasteiger partial charge < -0.3 is 5.32 Å². The number of hydrogen-bond acceptors (Lipinski definition) is 3. The van der Waals surface area contributed by atoms with E-state index in [-0.39, 0.29) is 0 Å². The minimum atomic E-state index is 0.867. The number of hydrogen-bond donors (Lipinski definition) is 1. The van der Waals surface area contributed by atoms with E-state index in [1.807, 2.05) is 5.38 Å². The summed E-state index contributed by atoms with van der Waals surface area (Å²) >= 11 is 5.03. The molecule has 1 aromatic heterocycles. The average molecular weight is 275 g/mol. The molecule has 78 valence electrons. The molecule has 1 fully saturated rings. The zero-order chi connectivity index (χ0) is 9.80. The summed E-state index contributed by atoms with van der Waals surface area (Å²) < 4.78 is 0.939. The zero-order valence-corrected chi connectivity index (χ0v) is 10.5. The molecule has 0 atom stereocenters. The first-order valence-corrected chi connectivity index (χ1v) is 6.87. The van der Waals surface area contributed by atoms with Crippen molar-refractivity contribution in [2.45, 2.75) is 32.1 Å². The van der Waals surface area contributed by atoms with E-state index in [0.29, 0.717) is 0 Å². The lowest BCUT2D eigenvalue weighted by Gasteiger charge is -2.21. The average Bonchev–Trinajstić information content (AvgIpc) is 2.63. The highest BCUT2D eigenvalue weighted by atomic mass is 79.9. The van der Waals surface area contributed by atoms with E-state index < -0.39 is 0 Å². The molecule has 0 amide bonds. The number of nitrogens with one attached hydrogen (secondary N) is 1. The molecule has 0 aromatic carbocycles. The van der Waals surface area contributed by atoms with Gasteiger partial charge in [0.05, 0.1) is 0 Å². The molecule has 0 aliphatic heterocycles. The molecule has 0 bridgehead atoms. The summed E-state index contributed by atoms with van der Waals surface area (Å²) in [7, 11) is 0. The Balaban J connectivity index is 1.76. The number of aromatic nitrogens is 1. The van der Waals surface area contributed by atoms with Crippen LogP contribution in [-0.2, 0) is 0 Å². The Bertz CT molecular complexity index is 281. The van der Waals surface area contributed by atoms with Gasteiger partial charge in [-0.25, -0.2) is 4.98 Å². The molecule has 0 radical (unpaired) electrons. The highest BCUT2D eigenvalue weighted by Gasteiger charge is 2.13. The van der Waals surface area contributed by atoms with Gasteiger partial charge in [-0.2, -0.15) is 0 Å². The van der Waals surface area contributed by atoms with Crippen LogP contribution >= 0.6 is 27.3 Å². The van der Waals surface area contributed by atoms with Gasteiger partial charge >= 0.3 is 0 Å². The van der Waals surface area contributed by atoms with Crippen molar-refractivity contribution in [3.63, 3.8) is 0 Å². The van der Waals surface area contributed by atoms with Crippen LogP contribution < -0.4 is 5.32 Å². The van der Waals surface area contributed by atoms with Gasteiger partial charge in [0.25, 0.3) is 0 Å². The standard InChI is InChI=1S/C10H15BrN2S/c11-9-7-14-10(13-9)12-6-8-4-2-1-3-5-8/h7-8H,1-6H2,(H,12,13). The van der Waals surface area contributed by atoms with Gasteiger partial charge in [-0.15, -0.1) is 11.3 Å². The molecule has 14 heavy (non-hydrogen) atoms. The first-order chi connectivity index (χ1) is 6.84. The van der Waals surface area contributed by atoms with Crippen LogP contribution in [0.3, 0.4) is 0 Å². The quantitative estimate of drug-likeness (QED) is 0.905. The van der Waals surface area contributed by atoms with E-state index in [2.05, 4.69) is 26.2 Å². The summed E-state index contributed by atoms with van der Waals surface area (Å²) in [5.74, 6) is 0.867. The van der Waals surface area contributed by atoms with Crippen molar-refractivity contribution in [2.75, 3.05) is 11.9 Å². The second-order valence-electron chi connectivity index (χ2n) is 3.86. The Morgan fingerprint density at radius 3 is 2.86 bits per heavy atom. The molecule has 0 saturated heterocycles. The molecule has 2 nitrogen and oxygen atoms in total. The van der Waals surface area contributed by atoms with Crippen molar-refractivity contribution in [3.05, 3.63) is 9.98 Å². The van der Waals surface area contributed by atoms with Crippen LogP contribution in [0.4, 0.5) is 5.13 Å². The Morgan fingerprint density at radius 2 is 2.21 bits per heavy atom. The second kappa shape index (κ2) is 5.12. The molecule has 1 saturated carbocycles. The molecule has 1 aliphatic carbocycles. The lowest BCUT2D eigenvalue weighted by atomic mass is 9.89. The van der Waals surface area contributed by atoms with E-state index in [0.717, 1.165) is 22.2 Å². The van der Waals surface area contributed by atoms with Crippen LogP contribution in [0.5, 0.6) is 0 Å². The number of thiazole rings is 1. The fourth-order valence-electron chi connectivity index (χ4n) is 1.96. The van der Waals surface area contributed by atoms with Crippen LogP contribution in [0.2, 0.25) is 0 Å². The fourth-order valence-corrected chi connectivity index (χ4v) is 3.11. The molecular formula is C10H15BrN2S. The SMILES string of the molecule is Brc1csc(NCC2CCCCC2)n1. The molecule has 1 N–H and O–H groups in total. The molecular weight excluding hydrogens is 260 g/mol. The molecule has 1 heterocycles. The Hall–Kier alpha value is -0.0900. The molecule has 4 heteroatoms. The molecule has 0 spiro atoms. The third-order valence-corrected chi connectivity index (χ3v) is 4.25. The van der Waals surface area contributed by atoms with Gasteiger partial charge in [-0.1, -0.05) is 19.3 Å². The summed E-state index contributed by atoms with van der Waals surface area (Å²) in [6.45, 7) is 1.10. The fraction of sp³-hybridized carbons (Fsp3) is 0.700. The Morgan fingerprint density at radius 1 is 1.43 bits per heavy atom. The van der Waals surface area contributed by atoms with Crippen LogP contribution in [-0.4, -0.2) is 11.5 Å². The normalized spacial score (nSPS) is 18.4. The number of halogens is 1. The molecule has 0 unspecified atom stereocenters. The van der Waals surface area contributed by atoms with Gasteiger partial charge in [-0.05, 0) is 34.7 Å². The summed E-state index contributed by atoms with van der Waals surface area (Å²) in [5.41, 5.74) is 0. The summed E-state index contributed by atoms with van der Waals surface area (Å²) in [6, 6.07) is 0. The topological polar surface area (TPSA) is 24.9 Å². The molecule has 1 aromatic rings. The van der Waals surface area contributed by atoms with Crippen molar-refractivity contribution >= 4 is 32.4 Å². The minimum Gasteiger partial charge on any atom is -0.361 e. The maximum atomic E-state index is 4.32. The van der Waals surface area contributed by atoms with Crippen LogP contribution in [0.15, 0.2) is 9.98 Å². The number of nitrogens with zero attached hydrogens (tertiary/aromatic N) is 1. The monoisotopic (exact) mass is 274 g/mol. The van der Waals surface area contributed by atoms with Crippen molar-refractivity contribution in [1.82, 2.24) is 4.98 Å². The maximum Gasteiger partial charge on any atom is 0.183 e. The summed E-state index contributed by atoms with van der Waals surface area (Å²) in [5, 5.41) is 6.47. The molecule has 2 rings (SSSR count). The maximum absolute atomic E-state index is 4.32. The highest BCUT2D eigenvalue weighted by Crippen LogP contribution is 2.25. The van der Waals surface area contributed by atoms with E-state index >= 15 is 0 Å². The lowest BCUT2D eigenvalue weighted by molar-refractivity contribution is 0.373. The smallest absolute Gasteiger partial charge is 0.183 e. The van der Waals surface area contributed by atoms with E-state index in [9.17, 15) is 0 Å². The van der Waals surface area contributed by atoms with Crippen LogP contribution in [0, 0.1) is 5.92 Å². The summed E-state index contributed by atoms with van der Waals surface area (Å²) in [6.07, 6.45) is 7.03. The van der Waals surface area contributed by atoms with Crippen molar-refractivity contribution in [2.24, 2.45) is 5.92 Å². The lowest BCUT2D eigenvalue weighted by Crippen LogP contribution is -2.16. The first-order valence-electron chi connectivity index (χ1n) is 5.19. The Kier molecular flexibility index (Phi) is 3.81. The van der Waals surface area contributed by atoms with Gasteiger partial charge in [0.2, 0.25) is 0 Å². The van der Waals surface area contributed by atoms with Gasteiger partial charge in [0, 0.05) is 11.9 Å². The van der Waals surface area contributed by atoms with Crippen molar-refractivity contribution in [3.8, 4) is 0 Å². The predicted molar refractivity (Wildman–Crippen MR) is 64.9 cm³/mol. The minimum absolute atomic E-state index is 0.867. The number of rotatable bonds is 3. The summed E-state index contributed by atoms with van der Waals surface area (Å²) in [4.78, 5) is 4.32. The predicted octanol–water partition coefficient (Wildman–Crippen LogP) is 3.90. The van der Waals surface area contributed by atoms with E-state index in [1.54, 1.807) is 11.3 Å². The van der Waals surface area contributed by atoms with E-state index in [1.165, 1.54) is 32.1 Å². The molecule has 1 aliphatic rings. The second-order valence-corrected chi connectivity index (χ2v) is 5.53. The van der Waals surface area contributed by atoms with Crippen molar-refractivity contribution < 1.29 is 0 Å². The first kappa shape index (κ1) is 10.4. The van der Waals surface area contributed by atoms with Gasteiger partial charge in [0.15, 0.2) is 5.13 Å². The largest absolute Gasteiger partial charge is 0.361 e. The van der Waals surface area contributed by atoms with Crippen molar-refractivity contribution in [1.29, 1.82) is 0 Å². The number of anilines is 1. The third-order valence-electron chi connectivity index (χ3n) is 2.74. The zero-order valence-electron chi connectivity index (χ0n) is 8.13. The highest BCUT2D eigenvalue weighted by molar-refractivity contribution is 9.10. The Labute approximate surface area is 97.3 Å². The van der Waals surface area contributed by atoms with Gasteiger partial charge in [-0.3, -0.25) is 0 Å². The third kappa shape index (κ3) is 2.95. The van der Waals surface area contributed by atoms with E-state index in [4.69, 9.17) is 0 Å².